The van der Waals surface area contributed by atoms with Crippen LogP contribution in [0.4, 0.5) is 14.5 Å². The molecule has 1 N–H and O–H groups in total. The number of hydrogen-bond acceptors (Lipinski definition) is 3. The number of ether oxygens (including phenoxy) is 1. The number of esters is 1. The van der Waals surface area contributed by atoms with Crippen molar-refractivity contribution in [2.24, 2.45) is 0 Å². The molecule has 0 aliphatic carbocycles. The number of anilines is 1. The van der Waals surface area contributed by atoms with E-state index < -0.39 is 29.6 Å². The Morgan fingerprint density at radius 1 is 1.16 bits per heavy atom. The molecule has 1 atom stereocenters. The van der Waals surface area contributed by atoms with Crippen molar-refractivity contribution in [3.05, 3.63) is 71.3 Å². The van der Waals surface area contributed by atoms with Crippen molar-refractivity contribution < 1.29 is 23.1 Å². The second-order valence-electron chi connectivity index (χ2n) is 5.38. The summed E-state index contributed by atoms with van der Waals surface area (Å²) in [5.41, 5.74) is 1.65. The molecular weight excluding hydrogens is 328 g/mol. The first-order valence-electron chi connectivity index (χ1n) is 7.57. The topological polar surface area (TPSA) is 55.4 Å². The Morgan fingerprint density at radius 3 is 2.56 bits per heavy atom. The van der Waals surface area contributed by atoms with Gasteiger partial charge in [-0.2, -0.15) is 0 Å². The maximum atomic E-state index is 13.5. The molecule has 0 bridgehead atoms. The van der Waals surface area contributed by atoms with Crippen LogP contribution in [0.5, 0.6) is 0 Å². The second-order valence-corrected chi connectivity index (χ2v) is 5.38. The maximum absolute atomic E-state index is 13.5. The smallest absolute Gasteiger partial charge is 0.331 e. The van der Waals surface area contributed by atoms with E-state index in [1.807, 2.05) is 31.2 Å². The van der Waals surface area contributed by atoms with Crippen molar-refractivity contribution in [3.8, 4) is 0 Å². The SMILES string of the molecule is Cc1ccccc1/C=C/C(=O)O[C@@H](C)C(=O)Nc1ccc(F)cc1F. The van der Waals surface area contributed by atoms with Crippen LogP contribution < -0.4 is 5.32 Å². The largest absolute Gasteiger partial charge is 0.449 e. The van der Waals surface area contributed by atoms with Crippen LogP contribution in [0.2, 0.25) is 0 Å². The summed E-state index contributed by atoms with van der Waals surface area (Å²) in [5, 5.41) is 2.24. The highest BCUT2D eigenvalue weighted by Gasteiger charge is 2.18. The standard InChI is InChI=1S/C19H17F2NO3/c1-12-5-3-4-6-14(12)7-10-18(23)25-13(2)19(24)22-17-9-8-15(20)11-16(17)21/h3-11,13H,1-2H3,(H,22,24)/b10-7+/t13-/m0/s1. The third-order valence-electron chi connectivity index (χ3n) is 3.44. The monoisotopic (exact) mass is 345 g/mol. The van der Waals surface area contributed by atoms with E-state index in [1.54, 1.807) is 6.08 Å². The second kappa shape index (κ2) is 8.19. The summed E-state index contributed by atoms with van der Waals surface area (Å²) < 4.78 is 31.3. The molecule has 0 radical (unpaired) electrons. The Hall–Kier alpha value is -3.02. The van der Waals surface area contributed by atoms with Gasteiger partial charge in [0.15, 0.2) is 6.10 Å². The van der Waals surface area contributed by atoms with Gasteiger partial charge in [0.05, 0.1) is 5.69 Å². The lowest BCUT2D eigenvalue weighted by molar-refractivity contribution is -0.148. The molecule has 0 heterocycles. The van der Waals surface area contributed by atoms with Gasteiger partial charge in [0.2, 0.25) is 0 Å². The van der Waals surface area contributed by atoms with E-state index in [2.05, 4.69) is 5.32 Å². The van der Waals surface area contributed by atoms with Gasteiger partial charge in [-0.05, 0) is 43.2 Å². The van der Waals surface area contributed by atoms with Crippen LogP contribution in [0.1, 0.15) is 18.1 Å². The lowest BCUT2D eigenvalue weighted by Crippen LogP contribution is -2.29. The van der Waals surface area contributed by atoms with E-state index in [1.165, 1.54) is 13.0 Å². The van der Waals surface area contributed by atoms with Gasteiger partial charge in [-0.3, -0.25) is 4.79 Å². The summed E-state index contributed by atoms with van der Waals surface area (Å²) in [4.78, 5) is 23.7. The molecule has 0 aromatic heterocycles. The first-order chi connectivity index (χ1) is 11.9. The molecule has 0 spiro atoms. The maximum Gasteiger partial charge on any atom is 0.331 e. The summed E-state index contributed by atoms with van der Waals surface area (Å²) in [6.07, 6.45) is 1.66. The number of carbonyl (C=O) groups is 2. The Bertz CT molecular complexity index is 818. The molecule has 2 aromatic carbocycles. The van der Waals surface area contributed by atoms with E-state index in [0.717, 1.165) is 23.3 Å². The molecule has 0 saturated heterocycles. The van der Waals surface area contributed by atoms with Crippen LogP contribution in [0.25, 0.3) is 6.08 Å². The third kappa shape index (κ3) is 5.24. The van der Waals surface area contributed by atoms with Crippen molar-refractivity contribution in [3.63, 3.8) is 0 Å². The number of amides is 1. The fraction of sp³-hybridized carbons (Fsp3) is 0.158. The number of rotatable bonds is 5. The molecule has 0 fully saturated rings. The van der Waals surface area contributed by atoms with Gasteiger partial charge >= 0.3 is 5.97 Å². The first-order valence-corrected chi connectivity index (χ1v) is 7.57. The predicted octanol–water partition coefficient (Wildman–Crippen LogP) is 3.86. The quantitative estimate of drug-likeness (QED) is 0.661. The zero-order chi connectivity index (χ0) is 18.4. The van der Waals surface area contributed by atoms with Crippen molar-refractivity contribution in [1.82, 2.24) is 0 Å². The Morgan fingerprint density at radius 2 is 1.88 bits per heavy atom. The molecule has 2 aromatic rings. The normalized spacial score (nSPS) is 12.0. The van der Waals surface area contributed by atoms with Crippen LogP contribution in [0, 0.1) is 18.6 Å². The molecule has 0 unspecified atom stereocenters. The lowest BCUT2D eigenvalue weighted by Gasteiger charge is -2.12. The first kappa shape index (κ1) is 18.3. The van der Waals surface area contributed by atoms with E-state index >= 15 is 0 Å². The zero-order valence-electron chi connectivity index (χ0n) is 13.8. The predicted molar refractivity (Wildman–Crippen MR) is 90.8 cm³/mol. The van der Waals surface area contributed by atoms with Gasteiger partial charge in [-0.25, -0.2) is 13.6 Å². The van der Waals surface area contributed by atoms with Gasteiger partial charge in [0.25, 0.3) is 5.91 Å². The van der Waals surface area contributed by atoms with Crippen molar-refractivity contribution in [2.45, 2.75) is 20.0 Å². The zero-order valence-corrected chi connectivity index (χ0v) is 13.8. The molecule has 4 nitrogen and oxygen atoms in total. The van der Waals surface area contributed by atoms with Crippen LogP contribution in [-0.4, -0.2) is 18.0 Å². The van der Waals surface area contributed by atoms with E-state index in [4.69, 9.17) is 4.74 Å². The number of nitrogens with one attached hydrogen (secondary N) is 1. The summed E-state index contributed by atoms with van der Waals surface area (Å²) >= 11 is 0. The number of halogens is 2. The van der Waals surface area contributed by atoms with Gasteiger partial charge in [-0.1, -0.05) is 24.3 Å². The minimum atomic E-state index is -1.14. The molecule has 0 aliphatic rings. The number of hydrogen-bond donors (Lipinski definition) is 1. The minimum Gasteiger partial charge on any atom is -0.449 e. The van der Waals surface area contributed by atoms with Crippen LogP contribution in [-0.2, 0) is 14.3 Å². The summed E-state index contributed by atoms with van der Waals surface area (Å²) in [6.45, 7) is 3.26. The Labute approximate surface area is 144 Å². The third-order valence-corrected chi connectivity index (χ3v) is 3.44. The average Bonchev–Trinajstić information content (AvgIpc) is 2.56. The highest BCUT2D eigenvalue weighted by molar-refractivity contribution is 5.96. The molecule has 0 saturated carbocycles. The Kier molecular flexibility index (Phi) is 6.00. The van der Waals surface area contributed by atoms with Crippen LogP contribution in [0.15, 0.2) is 48.5 Å². The van der Waals surface area contributed by atoms with Crippen LogP contribution in [0.3, 0.4) is 0 Å². The summed E-state index contributed by atoms with van der Waals surface area (Å²) in [5.74, 6) is -3.09. The van der Waals surface area contributed by atoms with E-state index in [9.17, 15) is 18.4 Å². The van der Waals surface area contributed by atoms with Crippen molar-refractivity contribution >= 4 is 23.6 Å². The molecule has 2 rings (SSSR count). The van der Waals surface area contributed by atoms with Crippen molar-refractivity contribution in [1.29, 1.82) is 0 Å². The molecule has 6 heteroatoms. The highest BCUT2D eigenvalue weighted by atomic mass is 19.1. The van der Waals surface area contributed by atoms with E-state index in [0.29, 0.717) is 6.07 Å². The average molecular weight is 345 g/mol. The molecular formula is C19H17F2NO3. The van der Waals surface area contributed by atoms with Gasteiger partial charge in [0, 0.05) is 12.1 Å². The molecule has 130 valence electrons. The molecule has 25 heavy (non-hydrogen) atoms. The van der Waals surface area contributed by atoms with Crippen molar-refractivity contribution in [2.75, 3.05) is 5.32 Å². The number of aryl methyl sites for hydroxylation is 1. The summed E-state index contributed by atoms with van der Waals surface area (Å²) in [6, 6.07) is 10.2. The fourth-order valence-corrected chi connectivity index (χ4v) is 2.02. The van der Waals surface area contributed by atoms with Gasteiger partial charge in [-0.15, -0.1) is 0 Å². The lowest BCUT2D eigenvalue weighted by atomic mass is 10.1. The van der Waals surface area contributed by atoms with Crippen LogP contribution >= 0.6 is 0 Å². The minimum absolute atomic E-state index is 0.190. The van der Waals surface area contributed by atoms with Gasteiger partial charge in [0.1, 0.15) is 11.6 Å². The Balaban J connectivity index is 1.94. The van der Waals surface area contributed by atoms with E-state index in [-0.39, 0.29) is 5.69 Å². The van der Waals surface area contributed by atoms with Gasteiger partial charge < -0.3 is 10.1 Å². The molecule has 0 aliphatic heterocycles. The number of benzene rings is 2. The highest BCUT2D eigenvalue weighted by Crippen LogP contribution is 2.15. The fourth-order valence-electron chi connectivity index (χ4n) is 2.02. The number of carbonyl (C=O) groups excluding carboxylic acids is 2. The molecule has 1 amide bonds. The summed E-state index contributed by atoms with van der Waals surface area (Å²) in [7, 11) is 0.